The topological polar surface area (TPSA) is 96.6 Å². The number of alkyl halides is 3. The predicted octanol–water partition coefficient (Wildman–Crippen LogP) is 4.70. The lowest BCUT2D eigenvalue weighted by molar-refractivity contribution is -0.136. The second-order valence-corrected chi connectivity index (χ2v) is 9.23. The van der Waals surface area contributed by atoms with Gasteiger partial charge in [0.25, 0.3) is 10.0 Å². The number of aliphatic hydroxyl groups excluding tert-OH is 1. The Morgan fingerprint density at radius 3 is 2.26 bits per heavy atom. The number of aliphatic hydroxyl groups is 1. The second kappa shape index (κ2) is 8.96. The fourth-order valence-electron chi connectivity index (χ4n) is 3.54. The number of nitrogens with one attached hydrogen (secondary N) is 1. The lowest BCUT2D eigenvalue weighted by atomic mass is 10.0. The summed E-state index contributed by atoms with van der Waals surface area (Å²) in [6.45, 7) is -0.331. The molecule has 0 radical (unpaired) electrons. The van der Waals surface area contributed by atoms with Crippen molar-refractivity contribution in [3.05, 3.63) is 105 Å². The van der Waals surface area contributed by atoms with E-state index in [0.717, 1.165) is 0 Å². The summed E-state index contributed by atoms with van der Waals surface area (Å²) in [5.74, 6) is 0. The molecule has 0 aliphatic carbocycles. The van der Waals surface area contributed by atoms with Gasteiger partial charge in [0.05, 0.1) is 22.8 Å². The lowest BCUT2D eigenvalue weighted by Gasteiger charge is -2.12. The molecular weight excluding hydrogens is 471 g/mol. The van der Waals surface area contributed by atoms with Gasteiger partial charge in [-0.05, 0) is 47.9 Å². The molecule has 0 saturated heterocycles. The first-order valence-electron chi connectivity index (χ1n) is 10.0. The Kier molecular flexibility index (Phi) is 6.20. The zero-order chi connectivity index (χ0) is 24.5. The molecule has 2 N–H and O–H groups in total. The number of para-hydroxylation sites is 1. The van der Waals surface area contributed by atoms with E-state index in [2.05, 4.69) is 4.72 Å². The molecule has 0 fully saturated rings. The van der Waals surface area contributed by atoms with Crippen molar-refractivity contribution >= 4 is 26.7 Å². The van der Waals surface area contributed by atoms with Crippen molar-refractivity contribution in [1.82, 2.24) is 0 Å². The molecule has 0 spiro atoms. The fourth-order valence-corrected chi connectivity index (χ4v) is 4.64. The number of sulfonamides is 1. The minimum absolute atomic E-state index is 0.0105. The van der Waals surface area contributed by atoms with Crippen LogP contribution in [0, 0.1) is 0 Å². The molecular formula is C24H18F3NO5S. The van der Waals surface area contributed by atoms with Crippen molar-refractivity contribution in [1.29, 1.82) is 0 Å². The Balaban J connectivity index is 1.59. The maximum Gasteiger partial charge on any atom is 0.417 e. The highest BCUT2D eigenvalue weighted by molar-refractivity contribution is 7.92. The molecule has 1 aromatic heterocycles. The first-order valence-corrected chi connectivity index (χ1v) is 11.5. The monoisotopic (exact) mass is 489 g/mol. The molecule has 6 nitrogen and oxygen atoms in total. The molecule has 34 heavy (non-hydrogen) atoms. The summed E-state index contributed by atoms with van der Waals surface area (Å²) in [6, 6.07) is 16.9. The third-order valence-electron chi connectivity index (χ3n) is 5.19. The number of hydrogen-bond acceptors (Lipinski definition) is 5. The first kappa shape index (κ1) is 23.5. The van der Waals surface area contributed by atoms with Crippen LogP contribution in [0.25, 0.3) is 11.0 Å². The Labute approximate surface area is 192 Å². The van der Waals surface area contributed by atoms with Crippen LogP contribution < -0.4 is 10.3 Å². The quantitative estimate of drug-likeness (QED) is 0.383. The average Bonchev–Trinajstić information content (AvgIpc) is 2.78. The van der Waals surface area contributed by atoms with Gasteiger partial charge in [-0.15, -0.1) is 0 Å². The number of rotatable bonds is 6. The molecule has 0 aliphatic heterocycles. The molecule has 4 rings (SSSR count). The molecule has 176 valence electrons. The van der Waals surface area contributed by atoms with Crippen LogP contribution in [0.4, 0.5) is 18.9 Å². The molecule has 0 saturated carbocycles. The zero-order valence-electron chi connectivity index (χ0n) is 17.5. The Bertz CT molecular complexity index is 1510. The summed E-state index contributed by atoms with van der Waals surface area (Å²) in [5.41, 5.74) is -0.446. The van der Waals surface area contributed by atoms with E-state index in [1.807, 2.05) is 0 Å². The van der Waals surface area contributed by atoms with Crippen LogP contribution in [0.15, 0.2) is 86.9 Å². The van der Waals surface area contributed by atoms with Crippen LogP contribution in [0.2, 0.25) is 0 Å². The summed E-state index contributed by atoms with van der Waals surface area (Å²) in [5, 5.41) is 9.16. The van der Waals surface area contributed by atoms with E-state index in [4.69, 9.17) is 4.42 Å². The van der Waals surface area contributed by atoms with E-state index < -0.39 is 27.4 Å². The van der Waals surface area contributed by atoms with Gasteiger partial charge in [0.15, 0.2) is 0 Å². The van der Waals surface area contributed by atoms with Crippen molar-refractivity contribution in [3.8, 4) is 0 Å². The Morgan fingerprint density at radius 1 is 0.912 bits per heavy atom. The highest BCUT2D eigenvalue weighted by Gasteiger charge is 2.33. The number of hydrogen-bond donors (Lipinski definition) is 2. The van der Waals surface area contributed by atoms with Gasteiger partial charge in [0.1, 0.15) is 5.58 Å². The maximum atomic E-state index is 13.4. The van der Waals surface area contributed by atoms with Gasteiger partial charge in [-0.1, -0.05) is 36.4 Å². The van der Waals surface area contributed by atoms with Gasteiger partial charge in [-0.25, -0.2) is 13.2 Å². The van der Waals surface area contributed by atoms with Crippen molar-refractivity contribution in [2.45, 2.75) is 24.1 Å². The number of halogens is 3. The van der Waals surface area contributed by atoms with E-state index in [1.165, 1.54) is 30.3 Å². The van der Waals surface area contributed by atoms with E-state index >= 15 is 0 Å². The van der Waals surface area contributed by atoms with Crippen LogP contribution in [-0.4, -0.2) is 13.5 Å². The second-order valence-electron chi connectivity index (χ2n) is 7.55. The first-order chi connectivity index (χ1) is 16.1. The standard InChI is InChI=1S/C24H18F3NO5S/c25-24(26,27)20-13-23(30)33-22-10-7-16(12-19(20)22)11-15-5-8-18(9-6-15)34(31,32)28-21-4-2-1-3-17(21)14-29/h1-10,12-13,28-29H,11,14H2. The van der Waals surface area contributed by atoms with Crippen molar-refractivity contribution in [3.63, 3.8) is 0 Å². The summed E-state index contributed by atoms with van der Waals surface area (Å²) < 4.78 is 72.8. The van der Waals surface area contributed by atoms with E-state index in [0.29, 0.717) is 22.8 Å². The molecule has 4 aromatic rings. The SMILES string of the molecule is O=c1cc(C(F)(F)F)c2cc(Cc3ccc(S(=O)(=O)Nc4ccccc4CO)cc3)ccc2o1. The van der Waals surface area contributed by atoms with Crippen LogP contribution in [0.3, 0.4) is 0 Å². The summed E-state index contributed by atoms with van der Waals surface area (Å²) in [7, 11) is -3.92. The van der Waals surface area contributed by atoms with Gasteiger partial charge in [-0.2, -0.15) is 13.2 Å². The normalized spacial score (nSPS) is 12.1. The number of benzene rings is 3. The molecule has 0 aliphatic rings. The largest absolute Gasteiger partial charge is 0.423 e. The molecule has 0 amide bonds. The zero-order valence-corrected chi connectivity index (χ0v) is 18.3. The fraction of sp³-hybridized carbons (Fsp3) is 0.125. The van der Waals surface area contributed by atoms with E-state index in [1.54, 1.807) is 36.4 Å². The van der Waals surface area contributed by atoms with E-state index in [-0.39, 0.29) is 34.6 Å². The van der Waals surface area contributed by atoms with Gasteiger partial charge >= 0.3 is 11.8 Å². The van der Waals surface area contributed by atoms with Crippen molar-refractivity contribution in [2.75, 3.05) is 4.72 Å². The van der Waals surface area contributed by atoms with Crippen molar-refractivity contribution < 1.29 is 31.1 Å². The van der Waals surface area contributed by atoms with Gasteiger partial charge < -0.3 is 9.52 Å². The smallest absolute Gasteiger partial charge is 0.417 e. The van der Waals surface area contributed by atoms with Gasteiger partial charge in [0.2, 0.25) is 0 Å². The minimum Gasteiger partial charge on any atom is -0.423 e. The van der Waals surface area contributed by atoms with Crippen LogP contribution >= 0.6 is 0 Å². The summed E-state index contributed by atoms with van der Waals surface area (Å²) >= 11 is 0. The molecule has 0 atom stereocenters. The molecule has 0 bridgehead atoms. The molecule has 1 heterocycles. The average molecular weight is 489 g/mol. The Hall–Kier alpha value is -3.63. The Morgan fingerprint density at radius 2 is 1.59 bits per heavy atom. The lowest BCUT2D eigenvalue weighted by Crippen LogP contribution is -2.14. The molecule has 10 heteroatoms. The third kappa shape index (κ3) is 4.97. The van der Waals surface area contributed by atoms with E-state index in [9.17, 15) is 31.5 Å². The van der Waals surface area contributed by atoms with Crippen LogP contribution in [0.5, 0.6) is 0 Å². The van der Waals surface area contributed by atoms with Gasteiger partial charge in [-0.3, -0.25) is 4.72 Å². The van der Waals surface area contributed by atoms with Crippen molar-refractivity contribution in [2.24, 2.45) is 0 Å². The molecule has 0 unspecified atom stereocenters. The number of fused-ring (bicyclic) bond motifs is 1. The van der Waals surface area contributed by atoms with Crippen LogP contribution in [-0.2, 0) is 29.2 Å². The summed E-state index contributed by atoms with van der Waals surface area (Å²) in [6.07, 6.45) is -4.49. The molecule has 3 aromatic carbocycles. The summed E-state index contributed by atoms with van der Waals surface area (Å²) in [4.78, 5) is 11.4. The predicted molar refractivity (Wildman–Crippen MR) is 120 cm³/mol. The third-order valence-corrected chi connectivity index (χ3v) is 6.57. The highest BCUT2D eigenvalue weighted by Crippen LogP contribution is 2.34. The minimum atomic E-state index is -4.72. The maximum absolute atomic E-state index is 13.4. The van der Waals surface area contributed by atoms with Crippen LogP contribution in [0.1, 0.15) is 22.3 Å². The van der Waals surface area contributed by atoms with Gasteiger partial charge in [0, 0.05) is 17.0 Å². The number of anilines is 1. The highest BCUT2D eigenvalue weighted by atomic mass is 32.2.